The van der Waals surface area contributed by atoms with Gasteiger partial charge in [0.1, 0.15) is 17.7 Å². The van der Waals surface area contributed by atoms with Gasteiger partial charge in [-0.05, 0) is 78.4 Å². The second-order valence-corrected chi connectivity index (χ2v) is 11.8. The van der Waals surface area contributed by atoms with Crippen LogP contribution in [0.5, 0.6) is 0 Å². The van der Waals surface area contributed by atoms with Crippen LogP contribution in [-0.4, -0.2) is 51.9 Å². The Bertz CT molecular complexity index is 969. The molecule has 1 rings (SSSR count). The third kappa shape index (κ3) is 10.9. The Morgan fingerprint density at radius 2 is 1.54 bits per heavy atom. The van der Waals surface area contributed by atoms with Crippen LogP contribution in [0.1, 0.15) is 112 Å². The molecule has 4 amide bonds. The van der Waals surface area contributed by atoms with E-state index in [0.717, 1.165) is 24.8 Å². The van der Waals surface area contributed by atoms with Gasteiger partial charge in [0.15, 0.2) is 0 Å². The Morgan fingerprint density at radius 3 is 2.00 bits per heavy atom. The average molecular weight is 547 g/mol. The number of carbonyl (C=O) groups excluding carboxylic acids is 4. The van der Waals surface area contributed by atoms with Crippen LogP contribution in [0.25, 0.3) is 0 Å². The minimum atomic E-state index is -1.13. The molecule has 0 aliphatic carbocycles. The Kier molecular flexibility index (Phi) is 13.0. The number of hydrogen-bond donors (Lipinski definition) is 3. The predicted molar refractivity (Wildman–Crippen MR) is 154 cm³/mol. The van der Waals surface area contributed by atoms with Crippen LogP contribution < -0.4 is 16.4 Å². The molecule has 1 aromatic carbocycles. The van der Waals surface area contributed by atoms with Gasteiger partial charge >= 0.3 is 6.09 Å². The number of carbonyl (C=O) groups is 4. The van der Waals surface area contributed by atoms with Gasteiger partial charge < -0.3 is 26.0 Å². The largest absolute Gasteiger partial charge is 0.444 e. The zero-order valence-corrected chi connectivity index (χ0v) is 25.3. The molecule has 3 atom stereocenters. The topological polar surface area (TPSA) is 131 Å². The molecule has 0 radical (unpaired) electrons. The van der Waals surface area contributed by atoms with Crippen molar-refractivity contribution in [3.8, 4) is 0 Å². The van der Waals surface area contributed by atoms with Crippen molar-refractivity contribution < 1.29 is 23.9 Å². The lowest BCUT2D eigenvalue weighted by Gasteiger charge is -2.45. The lowest BCUT2D eigenvalue weighted by molar-refractivity contribution is -0.149. The minimum Gasteiger partial charge on any atom is -0.444 e. The van der Waals surface area contributed by atoms with Crippen molar-refractivity contribution in [3.63, 3.8) is 0 Å². The van der Waals surface area contributed by atoms with Crippen molar-refractivity contribution in [2.24, 2.45) is 5.73 Å². The molecule has 39 heavy (non-hydrogen) atoms. The molecule has 0 saturated carbocycles. The normalized spacial score (nSPS) is 14.1. The molecule has 0 saturated heterocycles. The Labute approximate surface area is 234 Å². The van der Waals surface area contributed by atoms with Crippen molar-refractivity contribution in [2.45, 2.75) is 130 Å². The van der Waals surface area contributed by atoms with Crippen LogP contribution in [0.4, 0.5) is 4.79 Å². The number of rotatable bonds is 14. The van der Waals surface area contributed by atoms with Crippen molar-refractivity contribution in [3.05, 3.63) is 35.4 Å². The number of alkyl carbamates (subject to hydrolysis) is 1. The zero-order valence-electron chi connectivity index (χ0n) is 25.3. The molecule has 0 spiro atoms. The van der Waals surface area contributed by atoms with Crippen molar-refractivity contribution in [1.29, 1.82) is 0 Å². The van der Waals surface area contributed by atoms with Gasteiger partial charge in [0.05, 0.1) is 0 Å². The molecule has 4 N–H and O–H groups in total. The molecular formula is C30H50N4O5. The molecular weight excluding hydrogens is 496 g/mol. The van der Waals surface area contributed by atoms with Gasteiger partial charge in [-0.3, -0.25) is 14.4 Å². The van der Waals surface area contributed by atoms with E-state index in [1.807, 2.05) is 65.8 Å². The number of benzene rings is 1. The van der Waals surface area contributed by atoms with E-state index in [0.29, 0.717) is 12.0 Å². The van der Waals surface area contributed by atoms with Crippen molar-refractivity contribution in [1.82, 2.24) is 15.5 Å². The SMILES string of the molecule is CCCC(C)NC(=O)C(c1ccc(CC)cc1)N(C(=O)C(CCC(N)=O)NC(=O)OC(C)(C)C)C(C)(C)CC. The fraction of sp³-hybridized carbons (Fsp3) is 0.667. The molecule has 0 fully saturated rings. The summed E-state index contributed by atoms with van der Waals surface area (Å²) in [5.41, 5.74) is 5.60. The average Bonchev–Trinajstić information content (AvgIpc) is 2.83. The number of nitrogens with one attached hydrogen (secondary N) is 2. The van der Waals surface area contributed by atoms with Gasteiger partial charge in [-0.25, -0.2) is 4.79 Å². The van der Waals surface area contributed by atoms with Gasteiger partial charge in [0.25, 0.3) is 0 Å². The highest BCUT2D eigenvalue weighted by Gasteiger charge is 2.43. The number of amides is 4. The molecule has 0 aliphatic heterocycles. The molecule has 9 heteroatoms. The third-order valence-electron chi connectivity index (χ3n) is 6.74. The Hall–Kier alpha value is -3.10. The Morgan fingerprint density at radius 1 is 0.949 bits per heavy atom. The van der Waals surface area contributed by atoms with Gasteiger partial charge in [-0.2, -0.15) is 0 Å². The third-order valence-corrected chi connectivity index (χ3v) is 6.74. The van der Waals surface area contributed by atoms with Gasteiger partial charge in [0, 0.05) is 18.0 Å². The summed E-state index contributed by atoms with van der Waals surface area (Å²) in [5.74, 6) is -1.39. The molecule has 0 heterocycles. The van der Waals surface area contributed by atoms with Crippen molar-refractivity contribution in [2.75, 3.05) is 0 Å². The van der Waals surface area contributed by atoms with E-state index in [9.17, 15) is 19.2 Å². The van der Waals surface area contributed by atoms with E-state index >= 15 is 0 Å². The van der Waals surface area contributed by atoms with Crippen LogP contribution in [0, 0.1) is 0 Å². The first-order chi connectivity index (χ1) is 18.1. The van der Waals surface area contributed by atoms with Crippen LogP contribution in [0.15, 0.2) is 24.3 Å². The minimum absolute atomic E-state index is 0.0287. The number of nitrogens with two attached hydrogens (primary N) is 1. The van der Waals surface area contributed by atoms with Gasteiger partial charge in [0.2, 0.25) is 17.7 Å². The first kappa shape index (κ1) is 33.9. The summed E-state index contributed by atoms with van der Waals surface area (Å²) >= 11 is 0. The summed E-state index contributed by atoms with van der Waals surface area (Å²) in [6.45, 7) is 16.9. The van der Waals surface area contributed by atoms with E-state index < -0.39 is 41.1 Å². The Balaban J connectivity index is 3.67. The lowest BCUT2D eigenvalue weighted by Crippen LogP contribution is -2.59. The molecule has 0 aromatic heterocycles. The quantitative estimate of drug-likeness (QED) is 0.309. The van der Waals surface area contributed by atoms with Crippen molar-refractivity contribution >= 4 is 23.8 Å². The van der Waals surface area contributed by atoms with Crippen LogP contribution in [0.2, 0.25) is 0 Å². The fourth-order valence-electron chi connectivity index (χ4n) is 4.29. The van der Waals surface area contributed by atoms with Crippen LogP contribution >= 0.6 is 0 Å². The summed E-state index contributed by atoms with van der Waals surface area (Å²) in [6.07, 6.45) is 2.12. The van der Waals surface area contributed by atoms with Gasteiger partial charge in [-0.15, -0.1) is 0 Å². The maximum atomic E-state index is 14.3. The highest BCUT2D eigenvalue weighted by Crippen LogP contribution is 2.33. The molecule has 3 unspecified atom stereocenters. The number of ether oxygens (including phenoxy) is 1. The van der Waals surface area contributed by atoms with E-state index in [-0.39, 0.29) is 24.8 Å². The monoisotopic (exact) mass is 546 g/mol. The number of hydrogen-bond acceptors (Lipinski definition) is 5. The van der Waals surface area contributed by atoms with Crippen LogP contribution in [0.3, 0.4) is 0 Å². The second-order valence-electron chi connectivity index (χ2n) is 11.8. The van der Waals surface area contributed by atoms with E-state index in [2.05, 4.69) is 10.6 Å². The van der Waals surface area contributed by atoms with E-state index in [1.54, 1.807) is 25.7 Å². The lowest BCUT2D eigenvalue weighted by atomic mass is 9.91. The number of aryl methyl sites for hydroxylation is 1. The first-order valence-corrected chi connectivity index (χ1v) is 14.1. The molecule has 220 valence electrons. The molecule has 1 aromatic rings. The first-order valence-electron chi connectivity index (χ1n) is 14.1. The van der Waals surface area contributed by atoms with E-state index in [4.69, 9.17) is 10.5 Å². The summed E-state index contributed by atoms with van der Waals surface area (Å²) in [6, 6.07) is 5.48. The second kappa shape index (κ2) is 14.9. The highest BCUT2D eigenvalue weighted by molar-refractivity contribution is 5.93. The fourth-order valence-corrected chi connectivity index (χ4v) is 4.29. The number of nitrogens with zero attached hydrogens (tertiary/aromatic N) is 1. The molecule has 0 aliphatic rings. The van der Waals surface area contributed by atoms with Gasteiger partial charge in [-0.1, -0.05) is 51.5 Å². The smallest absolute Gasteiger partial charge is 0.408 e. The summed E-state index contributed by atoms with van der Waals surface area (Å²) < 4.78 is 5.40. The summed E-state index contributed by atoms with van der Waals surface area (Å²) in [4.78, 5) is 54.2. The maximum absolute atomic E-state index is 14.3. The molecule has 0 bridgehead atoms. The summed E-state index contributed by atoms with van der Waals surface area (Å²) in [5, 5.41) is 5.72. The van der Waals surface area contributed by atoms with Crippen LogP contribution in [-0.2, 0) is 25.5 Å². The maximum Gasteiger partial charge on any atom is 0.408 e. The predicted octanol–water partition coefficient (Wildman–Crippen LogP) is 4.77. The zero-order chi connectivity index (χ0) is 30.0. The van der Waals surface area contributed by atoms with E-state index in [1.165, 1.54) is 0 Å². The number of primary amides is 1. The standard InChI is InChI=1S/C30H50N4O5/c1-10-13-20(4)32-26(36)25(22-16-14-21(11-2)15-17-22)34(30(8,9)12-3)27(37)23(18-19-24(31)35)33-28(38)39-29(5,6)7/h14-17,20,23,25H,10-13,18-19H2,1-9H3,(H2,31,35)(H,32,36)(H,33,38). The highest BCUT2D eigenvalue weighted by atomic mass is 16.6. The summed E-state index contributed by atoms with van der Waals surface area (Å²) in [7, 11) is 0. The molecule has 9 nitrogen and oxygen atoms in total.